The number of rotatable bonds is 5. The zero-order chi connectivity index (χ0) is 14.5. The van der Waals surface area contributed by atoms with Crippen molar-refractivity contribution >= 4 is 5.69 Å². The average Bonchev–Trinajstić information content (AvgIpc) is 2.43. The van der Waals surface area contributed by atoms with E-state index in [0.29, 0.717) is 5.56 Å². The number of nitrogens with zero attached hydrogens (tertiary/aromatic N) is 2. The summed E-state index contributed by atoms with van der Waals surface area (Å²) in [4.78, 5) is 14.2. The van der Waals surface area contributed by atoms with Crippen LogP contribution in [0.25, 0.3) is 0 Å². The van der Waals surface area contributed by atoms with Crippen molar-refractivity contribution in [3.63, 3.8) is 0 Å². The van der Waals surface area contributed by atoms with Crippen molar-refractivity contribution in [2.45, 2.75) is 6.61 Å². The standard InChI is InChI=1S/C12H9F2N3O3/c13-9-3-4-10(16-17(18)19)12(11(9)14)20-7-8-2-1-5-15-6-8/h1-6,16H,7H2. The summed E-state index contributed by atoms with van der Waals surface area (Å²) in [6, 6.07) is 5.12. The normalized spacial score (nSPS) is 10.1. The Morgan fingerprint density at radius 1 is 1.35 bits per heavy atom. The molecule has 1 aromatic carbocycles. The second-order valence-electron chi connectivity index (χ2n) is 3.76. The molecule has 0 saturated heterocycles. The number of ether oxygens (including phenoxy) is 1. The number of aromatic nitrogens is 1. The number of pyridine rings is 1. The lowest BCUT2D eigenvalue weighted by atomic mass is 10.2. The van der Waals surface area contributed by atoms with Crippen LogP contribution in [0.1, 0.15) is 5.56 Å². The van der Waals surface area contributed by atoms with E-state index in [-0.39, 0.29) is 12.3 Å². The molecule has 1 heterocycles. The van der Waals surface area contributed by atoms with Crippen molar-refractivity contribution < 1.29 is 18.6 Å². The Morgan fingerprint density at radius 3 is 2.80 bits per heavy atom. The lowest BCUT2D eigenvalue weighted by Crippen LogP contribution is -2.11. The summed E-state index contributed by atoms with van der Waals surface area (Å²) in [5.74, 6) is -2.99. The molecular weight excluding hydrogens is 272 g/mol. The summed E-state index contributed by atoms with van der Waals surface area (Å²) >= 11 is 0. The van der Waals surface area contributed by atoms with Crippen LogP contribution in [0.2, 0.25) is 0 Å². The summed E-state index contributed by atoms with van der Waals surface area (Å²) in [7, 11) is 0. The van der Waals surface area contributed by atoms with E-state index < -0.39 is 22.4 Å². The molecule has 0 amide bonds. The number of benzene rings is 1. The van der Waals surface area contributed by atoms with Crippen LogP contribution in [-0.4, -0.2) is 10.0 Å². The van der Waals surface area contributed by atoms with Gasteiger partial charge in [-0.1, -0.05) is 6.07 Å². The molecular formula is C12H9F2N3O3. The van der Waals surface area contributed by atoms with Gasteiger partial charge in [0.2, 0.25) is 5.82 Å². The summed E-state index contributed by atoms with van der Waals surface area (Å²) in [6.45, 7) is -0.0966. The number of halogens is 2. The molecule has 1 aromatic heterocycles. The molecule has 0 aliphatic carbocycles. The molecule has 0 aliphatic heterocycles. The van der Waals surface area contributed by atoms with Gasteiger partial charge in [0.05, 0.1) is 0 Å². The molecule has 6 nitrogen and oxygen atoms in total. The molecule has 1 N–H and O–H groups in total. The highest BCUT2D eigenvalue weighted by Gasteiger charge is 2.18. The highest BCUT2D eigenvalue weighted by atomic mass is 19.2. The maximum Gasteiger partial charge on any atom is 0.203 e. The second-order valence-corrected chi connectivity index (χ2v) is 3.76. The van der Waals surface area contributed by atoms with Crippen LogP contribution in [0.4, 0.5) is 14.5 Å². The lowest BCUT2D eigenvalue weighted by Gasteiger charge is -2.10. The van der Waals surface area contributed by atoms with E-state index in [1.54, 1.807) is 23.8 Å². The van der Waals surface area contributed by atoms with Gasteiger partial charge in [0, 0.05) is 18.0 Å². The third kappa shape index (κ3) is 3.16. The van der Waals surface area contributed by atoms with Crippen molar-refractivity contribution in [2.75, 3.05) is 5.43 Å². The summed E-state index contributed by atoms with van der Waals surface area (Å²) in [6.07, 6.45) is 3.03. The minimum absolute atomic E-state index is 0.0966. The van der Waals surface area contributed by atoms with Gasteiger partial charge >= 0.3 is 0 Å². The van der Waals surface area contributed by atoms with Crippen molar-refractivity contribution in [3.05, 3.63) is 64.0 Å². The molecule has 0 saturated carbocycles. The first-order valence-electron chi connectivity index (χ1n) is 5.48. The first-order valence-corrected chi connectivity index (χ1v) is 5.48. The third-order valence-corrected chi connectivity index (χ3v) is 2.37. The number of hydrazine groups is 1. The van der Waals surface area contributed by atoms with Crippen molar-refractivity contribution in [2.24, 2.45) is 0 Å². The third-order valence-electron chi connectivity index (χ3n) is 2.37. The summed E-state index contributed by atoms with van der Waals surface area (Å²) < 4.78 is 31.9. The molecule has 0 fully saturated rings. The number of hydrogen-bond donors (Lipinski definition) is 1. The predicted octanol–water partition coefficient (Wildman–Crippen LogP) is 2.54. The summed E-state index contributed by atoms with van der Waals surface area (Å²) in [5.41, 5.74) is 2.10. The highest BCUT2D eigenvalue weighted by Crippen LogP contribution is 2.30. The molecule has 0 spiro atoms. The van der Waals surface area contributed by atoms with E-state index >= 15 is 0 Å². The Bertz CT molecular complexity index is 623. The van der Waals surface area contributed by atoms with Crippen LogP contribution in [0.3, 0.4) is 0 Å². The Kier molecular flexibility index (Phi) is 4.04. The molecule has 0 unspecified atom stereocenters. The molecule has 2 aromatic rings. The number of nitrogens with one attached hydrogen (secondary N) is 1. The fourth-order valence-corrected chi connectivity index (χ4v) is 1.50. The van der Waals surface area contributed by atoms with Gasteiger partial charge in [-0.3, -0.25) is 4.98 Å². The van der Waals surface area contributed by atoms with Gasteiger partial charge in [-0.05, 0) is 18.2 Å². The molecule has 0 radical (unpaired) electrons. The van der Waals surface area contributed by atoms with E-state index in [1.807, 2.05) is 0 Å². The largest absolute Gasteiger partial charge is 0.483 e. The fourth-order valence-electron chi connectivity index (χ4n) is 1.50. The first kappa shape index (κ1) is 13.7. The zero-order valence-electron chi connectivity index (χ0n) is 10.0. The monoisotopic (exact) mass is 281 g/mol. The van der Waals surface area contributed by atoms with E-state index in [9.17, 15) is 18.9 Å². The van der Waals surface area contributed by atoms with Crippen molar-refractivity contribution in [1.82, 2.24) is 4.98 Å². The Hall–Kier alpha value is -2.77. The van der Waals surface area contributed by atoms with Crippen LogP contribution in [0.15, 0.2) is 36.7 Å². The predicted molar refractivity (Wildman–Crippen MR) is 65.5 cm³/mol. The van der Waals surface area contributed by atoms with Gasteiger partial charge in [-0.25, -0.2) is 14.5 Å². The van der Waals surface area contributed by atoms with Gasteiger partial charge < -0.3 is 4.74 Å². The number of anilines is 1. The molecule has 104 valence electrons. The Balaban J connectivity index is 2.24. The zero-order valence-corrected chi connectivity index (χ0v) is 10.0. The molecule has 2 rings (SSSR count). The smallest absolute Gasteiger partial charge is 0.203 e. The van der Waals surface area contributed by atoms with Gasteiger partial charge in [0.15, 0.2) is 16.6 Å². The average molecular weight is 281 g/mol. The van der Waals surface area contributed by atoms with Crippen LogP contribution in [0, 0.1) is 21.7 Å². The number of nitro groups is 1. The topological polar surface area (TPSA) is 77.3 Å². The minimum Gasteiger partial charge on any atom is -0.483 e. The Labute approximate surface area is 112 Å². The molecule has 20 heavy (non-hydrogen) atoms. The lowest BCUT2D eigenvalue weighted by molar-refractivity contribution is -0.445. The first-order chi connectivity index (χ1) is 9.58. The fraction of sp³-hybridized carbons (Fsp3) is 0.0833. The quantitative estimate of drug-likeness (QED) is 0.673. The molecule has 8 heteroatoms. The second kappa shape index (κ2) is 5.91. The highest BCUT2D eigenvalue weighted by molar-refractivity contribution is 5.55. The van der Waals surface area contributed by atoms with Crippen LogP contribution >= 0.6 is 0 Å². The van der Waals surface area contributed by atoms with Gasteiger partial charge in [0.1, 0.15) is 12.3 Å². The van der Waals surface area contributed by atoms with E-state index in [1.165, 1.54) is 6.20 Å². The number of hydrogen-bond acceptors (Lipinski definition) is 4. The minimum atomic E-state index is -1.29. The van der Waals surface area contributed by atoms with E-state index in [0.717, 1.165) is 12.1 Å². The Morgan fingerprint density at radius 2 is 2.15 bits per heavy atom. The van der Waals surface area contributed by atoms with Crippen LogP contribution < -0.4 is 10.2 Å². The van der Waals surface area contributed by atoms with Crippen molar-refractivity contribution in [3.8, 4) is 5.75 Å². The van der Waals surface area contributed by atoms with Crippen LogP contribution in [0.5, 0.6) is 5.75 Å². The maximum atomic E-state index is 13.6. The maximum absolute atomic E-state index is 13.6. The molecule has 0 aliphatic rings. The van der Waals surface area contributed by atoms with Gasteiger partial charge in [-0.2, -0.15) is 4.39 Å². The van der Waals surface area contributed by atoms with Gasteiger partial charge in [-0.15, -0.1) is 5.43 Å². The van der Waals surface area contributed by atoms with Gasteiger partial charge in [0.25, 0.3) is 0 Å². The molecule has 0 atom stereocenters. The summed E-state index contributed by atoms with van der Waals surface area (Å²) in [5, 5.41) is 9.52. The SMILES string of the molecule is O=[N+]([O-])Nc1ccc(F)c(F)c1OCc1cccnc1. The van der Waals surface area contributed by atoms with E-state index in [4.69, 9.17) is 4.74 Å². The van der Waals surface area contributed by atoms with E-state index in [2.05, 4.69) is 4.98 Å². The van der Waals surface area contributed by atoms with Crippen molar-refractivity contribution in [1.29, 1.82) is 0 Å². The molecule has 0 bridgehead atoms. The van der Waals surface area contributed by atoms with Crippen LogP contribution in [-0.2, 0) is 6.61 Å².